The van der Waals surface area contributed by atoms with Gasteiger partial charge in [-0.3, -0.25) is 14.9 Å². The lowest BCUT2D eigenvalue weighted by Crippen LogP contribution is -2.10. The predicted molar refractivity (Wildman–Crippen MR) is 116 cm³/mol. The molecule has 3 N–H and O–H groups in total. The summed E-state index contributed by atoms with van der Waals surface area (Å²) in [7, 11) is 0. The second-order valence-corrected chi connectivity index (χ2v) is 7.05. The van der Waals surface area contributed by atoms with Crippen molar-refractivity contribution in [2.24, 2.45) is 0 Å². The van der Waals surface area contributed by atoms with E-state index in [1.54, 1.807) is 18.6 Å². The minimum Gasteiger partial charge on any atom is -0.338 e. The highest BCUT2D eigenvalue weighted by atomic mass is 16.1. The highest BCUT2D eigenvalue weighted by Crippen LogP contribution is 2.29. The van der Waals surface area contributed by atoms with Gasteiger partial charge in [-0.25, -0.2) is 9.97 Å². The van der Waals surface area contributed by atoms with E-state index in [4.69, 9.17) is 4.98 Å². The fraction of sp³-hybridized carbons (Fsp3) is 0.136. The van der Waals surface area contributed by atoms with E-state index in [1.165, 1.54) is 0 Å². The van der Waals surface area contributed by atoms with Crippen LogP contribution in [0.1, 0.15) is 19.8 Å². The highest BCUT2D eigenvalue weighted by Gasteiger charge is 2.14. The molecule has 5 heterocycles. The molecule has 30 heavy (non-hydrogen) atoms. The minimum atomic E-state index is -0.0237. The number of amides is 1. The lowest BCUT2D eigenvalue weighted by molar-refractivity contribution is -0.116. The van der Waals surface area contributed by atoms with Crippen LogP contribution in [-0.4, -0.2) is 36.0 Å². The van der Waals surface area contributed by atoms with Crippen LogP contribution in [0, 0.1) is 0 Å². The Morgan fingerprint density at radius 3 is 2.97 bits per heavy atom. The monoisotopic (exact) mass is 397 g/mol. The van der Waals surface area contributed by atoms with Crippen LogP contribution < -0.4 is 5.32 Å². The molecule has 0 aliphatic rings. The molecule has 0 fully saturated rings. The van der Waals surface area contributed by atoms with Crippen LogP contribution in [0.2, 0.25) is 0 Å². The van der Waals surface area contributed by atoms with Gasteiger partial charge in [0, 0.05) is 29.8 Å². The predicted octanol–water partition coefficient (Wildman–Crippen LogP) is 4.30. The van der Waals surface area contributed by atoms with Crippen molar-refractivity contribution in [2.45, 2.75) is 19.8 Å². The van der Waals surface area contributed by atoms with Crippen LogP contribution in [0.4, 0.5) is 5.69 Å². The van der Waals surface area contributed by atoms with Gasteiger partial charge in [0.2, 0.25) is 5.91 Å². The second-order valence-electron chi connectivity index (χ2n) is 7.05. The molecule has 0 saturated carbocycles. The first-order valence-electron chi connectivity index (χ1n) is 9.76. The van der Waals surface area contributed by atoms with Gasteiger partial charge in [-0.2, -0.15) is 5.10 Å². The zero-order valence-electron chi connectivity index (χ0n) is 16.3. The topological polar surface area (TPSA) is 112 Å². The van der Waals surface area contributed by atoms with Crippen molar-refractivity contribution >= 4 is 33.7 Å². The number of fused-ring (bicyclic) bond motifs is 2. The first kappa shape index (κ1) is 18.0. The first-order chi connectivity index (χ1) is 14.7. The molecule has 1 amide bonds. The molecular weight excluding hydrogens is 378 g/mol. The number of carbonyl (C=O) groups is 1. The molecular formula is C22H19N7O. The molecule has 0 aliphatic carbocycles. The maximum atomic E-state index is 11.9. The summed E-state index contributed by atoms with van der Waals surface area (Å²) in [5.74, 6) is -0.0237. The van der Waals surface area contributed by atoms with Crippen LogP contribution >= 0.6 is 0 Å². The Balaban J connectivity index is 1.54. The zero-order valence-corrected chi connectivity index (χ0v) is 16.3. The number of rotatable bonds is 5. The van der Waals surface area contributed by atoms with Crippen LogP contribution in [0.3, 0.4) is 0 Å². The van der Waals surface area contributed by atoms with Crippen molar-refractivity contribution in [3.8, 4) is 22.6 Å². The third-order valence-corrected chi connectivity index (χ3v) is 4.85. The largest absolute Gasteiger partial charge is 0.338 e. The summed E-state index contributed by atoms with van der Waals surface area (Å²) < 4.78 is 0. The third-order valence-electron chi connectivity index (χ3n) is 4.85. The van der Waals surface area contributed by atoms with Gasteiger partial charge in [-0.15, -0.1) is 0 Å². The van der Waals surface area contributed by atoms with Crippen LogP contribution in [-0.2, 0) is 4.79 Å². The van der Waals surface area contributed by atoms with Gasteiger partial charge in [-0.05, 0) is 42.8 Å². The molecule has 0 bridgehead atoms. The third kappa shape index (κ3) is 3.28. The number of aromatic nitrogens is 6. The van der Waals surface area contributed by atoms with Crippen LogP contribution in [0.15, 0.2) is 55.0 Å². The molecule has 8 heteroatoms. The Morgan fingerprint density at radius 1 is 1.17 bits per heavy atom. The maximum absolute atomic E-state index is 11.9. The number of nitrogens with one attached hydrogen (secondary N) is 3. The summed E-state index contributed by atoms with van der Waals surface area (Å²) in [6, 6.07) is 11.6. The fourth-order valence-corrected chi connectivity index (χ4v) is 3.43. The number of aromatic amines is 2. The summed E-state index contributed by atoms with van der Waals surface area (Å²) in [5, 5.41) is 11.4. The highest BCUT2D eigenvalue weighted by molar-refractivity contribution is 5.94. The lowest BCUT2D eigenvalue weighted by Gasteiger charge is -2.06. The quantitative estimate of drug-likeness (QED) is 0.409. The van der Waals surface area contributed by atoms with Crippen LogP contribution in [0.5, 0.6) is 0 Å². The van der Waals surface area contributed by atoms with Gasteiger partial charge in [0.25, 0.3) is 0 Å². The molecule has 8 nitrogen and oxygen atoms in total. The van der Waals surface area contributed by atoms with E-state index >= 15 is 0 Å². The molecule has 5 aromatic heterocycles. The van der Waals surface area contributed by atoms with Crippen molar-refractivity contribution in [1.29, 1.82) is 0 Å². The molecule has 0 aromatic carbocycles. The molecule has 0 unspecified atom stereocenters. The number of nitrogens with zero attached hydrogens (tertiary/aromatic N) is 4. The van der Waals surface area contributed by atoms with E-state index in [-0.39, 0.29) is 5.91 Å². The van der Waals surface area contributed by atoms with Gasteiger partial charge in [0.05, 0.1) is 28.8 Å². The van der Waals surface area contributed by atoms with Gasteiger partial charge in [0.15, 0.2) is 0 Å². The summed E-state index contributed by atoms with van der Waals surface area (Å²) in [6.45, 7) is 1.97. The molecule has 0 saturated heterocycles. The number of pyridine rings is 3. The summed E-state index contributed by atoms with van der Waals surface area (Å²) in [5.41, 5.74) is 6.18. The van der Waals surface area contributed by atoms with Gasteiger partial charge in [-0.1, -0.05) is 6.92 Å². The molecule has 0 spiro atoms. The summed E-state index contributed by atoms with van der Waals surface area (Å²) in [4.78, 5) is 28.6. The number of hydrogen-bond acceptors (Lipinski definition) is 5. The van der Waals surface area contributed by atoms with Crippen molar-refractivity contribution in [2.75, 3.05) is 5.32 Å². The van der Waals surface area contributed by atoms with E-state index in [0.717, 1.165) is 51.1 Å². The molecule has 0 aliphatic heterocycles. The van der Waals surface area contributed by atoms with E-state index in [2.05, 4.69) is 30.5 Å². The molecule has 0 radical (unpaired) electrons. The molecule has 5 aromatic rings. The van der Waals surface area contributed by atoms with Crippen LogP contribution in [0.25, 0.3) is 44.7 Å². The Labute approximate surface area is 171 Å². The van der Waals surface area contributed by atoms with E-state index in [1.807, 2.05) is 43.3 Å². The zero-order chi connectivity index (χ0) is 20.5. The normalized spacial score (nSPS) is 11.2. The second kappa shape index (κ2) is 7.40. The van der Waals surface area contributed by atoms with E-state index in [9.17, 15) is 4.79 Å². The number of H-pyrrole nitrogens is 2. The van der Waals surface area contributed by atoms with Crippen molar-refractivity contribution < 1.29 is 4.79 Å². The summed E-state index contributed by atoms with van der Waals surface area (Å²) >= 11 is 0. The average molecular weight is 397 g/mol. The Kier molecular flexibility index (Phi) is 4.44. The smallest absolute Gasteiger partial charge is 0.224 e. The van der Waals surface area contributed by atoms with E-state index < -0.39 is 0 Å². The van der Waals surface area contributed by atoms with Gasteiger partial charge in [0.1, 0.15) is 16.9 Å². The Bertz CT molecular complexity index is 1340. The number of anilines is 1. The van der Waals surface area contributed by atoms with Crippen molar-refractivity contribution in [3.63, 3.8) is 0 Å². The summed E-state index contributed by atoms with van der Waals surface area (Å²) in [6.07, 6.45) is 6.39. The SMILES string of the molecule is CCCC(=O)Nc1cncc(-c2ccc3[nH]nc(-c4cc5cccnc5[nH]4)c3n2)c1. The standard InChI is InChI=1S/C22H19N7O/c1-2-4-19(30)25-15-9-14(11-23-12-15)16-6-7-17-20(26-16)21(29-28-17)18-10-13-5-3-8-24-22(13)27-18/h3,5-12H,2,4H2,1H3,(H,24,27)(H,25,30)(H,28,29). The van der Waals surface area contributed by atoms with Gasteiger partial charge < -0.3 is 10.3 Å². The molecule has 148 valence electrons. The fourth-order valence-electron chi connectivity index (χ4n) is 3.43. The first-order valence-corrected chi connectivity index (χ1v) is 9.76. The Hall–Kier alpha value is -4.07. The maximum Gasteiger partial charge on any atom is 0.224 e. The molecule has 0 atom stereocenters. The average Bonchev–Trinajstić information content (AvgIpc) is 3.37. The van der Waals surface area contributed by atoms with Crippen molar-refractivity contribution in [1.82, 2.24) is 30.1 Å². The lowest BCUT2D eigenvalue weighted by atomic mass is 10.1. The minimum absolute atomic E-state index is 0.0237. The molecule has 5 rings (SSSR count). The number of carbonyl (C=O) groups excluding carboxylic acids is 1. The van der Waals surface area contributed by atoms with Gasteiger partial charge >= 0.3 is 0 Å². The van der Waals surface area contributed by atoms with Crippen molar-refractivity contribution in [3.05, 3.63) is 55.0 Å². The Morgan fingerprint density at radius 2 is 2.10 bits per heavy atom. The number of hydrogen-bond donors (Lipinski definition) is 3. The van der Waals surface area contributed by atoms with E-state index in [0.29, 0.717) is 12.1 Å².